The van der Waals surface area contributed by atoms with Crippen molar-refractivity contribution in [3.63, 3.8) is 0 Å². The number of aryl methyl sites for hydroxylation is 1. The third-order valence-electron chi connectivity index (χ3n) is 4.25. The molecular weight excluding hydrogens is 304 g/mol. The highest BCUT2D eigenvalue weighted by Gasteiger charge is 2.10. The van der Waals surface area contributed by atoms with Crippen molar-refractivity contribution in [2.45, 2.75) is 51.9 Å². The number of rotatable bonds is 8. The Bertz CT molecular complexity index is 493. The van der Waals surface area contributed by atoms with Gasteiger partial charge in [-0.05, 0) is 32.4 Å². The lowest BCUT2D eigenvalue weighted by Crippen LogP contribution is -2.42. The van der Waals surface area contributed by atoms with Gasteiger partial charge in [-0.3, -0.25) is 4.99 Å². The summed E-state index contributed by atoms with van der Waals surface area (Å²) in [6.07, 6.45) is 5.78. The second kappa shape index (κ2) is 10.3. The van der Waals surface area contributed by atoms with Crippen LogP contribution in [0, 0.1) is 0 Å². The van der Waals surface area contributed by atoms with E-state index in [-0.39, 0.29) is 0 Å². The highest BCUT2D eigenvalue weighted by atomic mass is 16.5. The molecule has 2 rings (SSSR count). The van der Waals surface area contributed by atoms with E-state index in [0.717, 1.165) is 44.3 Å². The van der Waals surface area contributed by atoms with E-state index in [1.807, 2.05) is 7.05 Å². The molecule has 0 spiro atoms. The molecule has 0 aromatic carbocycles. The van der Waals surface area contributed by atoms with Crippen LogP contribution >= 0.6 is 0 Å². The Kier molecular flexibility index (Phi) is 8.01. The van der Waals surface area contributed by atoms with Crippen LogP contribution in [0.1, 0.15) is 57.2 Å². The number of nitrogens with zero attached hydrogens (tertiary/aromatic N) is 4. The van der Waals surface area contributed by atoms with Crippen molar-refractivity contribution in [1.82, 2.24) is 25.7 Å². The van der Waals surface area contributed by atoms with Crippen LogP contribution in [0.3, 0.4) is 0 Å². The number of piperidine rings is 1. The van der Waals surface area contributed by atoms with Crippen molar-refractivity contribution in [1.29, 1.82) is 0 Å². The molecule has 136 valence electrons. The summed E-state index contributed by atoms with van der Waals surface area (Å²) in [5.74, 6) is 2.67. The molecular formula is C17H32N6O. The fraction of sp³-hybridized carbons (Fsp3) is 0.824. The minimum absolute atomic E-state index is 0.309. The van der Waals surface area contributed by atoms with Gasteiger partial charge < -0.3 is 20.1 Å². The van der Waals surface area contributed by atoms with E-state index in [2.05, 4.69) is 44.5 Å². The maximum Gasteiger partial charge on any atom is 0.226 e. The second-order valence-corrected chi connectivity index (χ2v) is 6.63. The molecule has 1 aromatic heterocycles. The van der Waals surface area contributed by atoms with Gasteiger partial charge in [-0.25, -0.2) is 0 Å². The third-order valence-corrected chi connectivity index (χ3v) is 4.25. The summed E-state index contributed by atoms with van der Waals surface area (Å²) < 4.78 is 5.25. The highest BCUT2D eigenvalue weighted by molar-refractivity contribution is 5.79. The molecule has 0 saturated carbocycles. The maximum absolute atomic E-state index is 5.25. The minimum Gasteiger partial charge on any atom is -0.356 e. The normalized spacial score (nSPS) is 16.6. The van der Waals surface area contributed by atoms with Gasteiger partial charge in [0.15, 0.2) is 11.8 Å². The molecule has 7 heteroatoms. The first kappa shape index (κ1) is 18.7. The standard InChI is InChI=1S/C17H32N6O/c1-14(2)16-21-15(24-22-16)8-7-9-19-17(18-3)20-10-13-23-11-5-4-6-12-23/h14H,4-13H2,1-3H3,(H2,18,19,20). The van der Waals surface area contributed by atoms with Gasteiger partial charge in [0.1, 0.15) is 0 Å². The van der Waals surface area contributed by atoms with E-state index in [1.165, 1.54) is 32.4 Å². The minimum atomic E-state index is 0.309. The van der Waals surface area contributed by atoms with E-state index in [1.54, 1.807) is 0 Å². The molecule has 1 fully saturated rings. The fourth-order valence-electron chi connectivity index (χ4n) is 2.79. The van der Waals surface area contributed by atoms with E-state index in [4.69, 9.17) is 4.52 Å². The molecule has 0 amide bonds. The molecule has 1 aromatic rings. The van der Waals surface area contributed by atoms with E-state index in [0.29, 0.717) is 11.8 Å². The summed E-state index contributed by atoms with van der Waals surface area (Å²) >= 11 is 0. The molecule has 0 aliphatic carbocycles. The SMILES string of the molecule is CN=C(NCCCc1nc(C(C)C)no1)NCCN1CCCCC1. The van der Waals surface area contributed by atoms with Crippen molar-refractivity contribution in [3.8, 4) is 0 Å². The van der Waals surface area contributed by atoms with E-state index >= 15 is 0 Å². The third kappa shape index (κ3) is 6.47. The van der Waals surface area contributed by atoms with Crippen molar-refractivity contribution in [3.05, 3.63) is 11.7 Å². The Hall–Kier alpha value is -1.63. The number of likely N-dealkylation sites (tertiary alicyclic amines) is 1. The largest absolute Gasteiger partial charge is 0.356 e. The molecule has 0 unspecified atom stereocenters. The van der Waals surface area contributed by atoms with Crippen LogP contribution < -0.4 is 10.6 Å². The molecule has 7 nitrogen and oxygen atoms in total. The van der Waals surface area contributed by atoms with Crippen LogP contribution in [-0.4, -0.2) is 60.8 Å². The Balaban J connectivity index is 1.57. The smallest absolute Gasteiger partial charge is 0.226 e. The number of hydrogen-bond acceptors (Lipinski definition) is 5. The molecule has 0 radical (unpaired) electrons. The van der Waals surface area contributed by atoms with E-state index < -0.39 is 0 Å². The van der Waals surface area contributed by atoms with Crippen LogP contribution in [0.2, 0.25) is 0 Å². The van der Waals surface area contributed by atoms with Gasteiger partial charge >= 0.3 is 0 Å². The van der Waals surface area contributed by atoms with Gasteiger partial charge in [0.05, 0.1) is 0 Å². The van der Waals surface area contributed by atoms with Gasteiger partial charge in [-0.15, -0.1) is 0 Å². The number of aliphatic imine (C=N–C) groups is 1. The summed E-state index contributed by atoms with van der Waals surface area (Å²) in [6, 6.07) is 0. The Morgan fingerprint density at radius 3 is 2.62 bits per heavy atom. The molecule has 24 heavy (non-hydrogen) atoms. The zero-order valence-electron chi connectivity index (χ0n) is 15.3. The van der Waals surface area contributed by atoms with Gasteiger partial charge in [0, 0.05) is 39.0 Å². The van der Waals surface area contributed by atoms with Crippen LogP contribution in [0.4, 0.5) is 0 Å². The Labute approximate surface area is 145 Å². The quantitative estimate of drug-likeness (QED) is 0.428. The van der Waals surface area contributed by atoms with Gasteiger partial charge in [0.25, 0.3) is 0 Å². The summed E-state index contributed by atoms with van der Waals surface area (Å²) in [7, 11) is 1.81. The zero-order chi connectivity index (χ0) is 17.2. The monoisotopic (exact) mass is 336 g/mol. The molecule has 1 saturated heterocycles. The van der Waals surface area contributed by atoms with Crippen LogP contribution in [0.15, 0.2) is 9.52 Å². The first-order valence-corrected chi connectivity index (χ1v) is 9.18. The molecule has 1 aliphatic rings. The van der Waals surface area contributed by atoms with Gasteiger partial charge in [-0.2, -0.15) is 4.98 Å². The van der Waals surface area contributed by atoms with Gasteiger partial charge in [-0.1, -0.05) is 25.4 Å². The zero-order valence-corrected chi connectivity index (χ0v) is 15.3. The number of aromatic nitrogens is 2. The summed E-state index contributed by atoms with van der Waals surface area (Å²) in [4.78, 5) is 11.2. The summed E-state index contributed by atoms with van der Waals surface area (Å²) in [5.41, 5.74) is 0. The molecule has 1 aliphatic heterocycles. The average Bonchev–Trinajstić information content (AvgIpc) is 3.07. The summed E-state index contributed by atoms with van der Waals surface area (Å²) in [5, 5.41) is 10.7. The first-order chi connectivity index (χ1) is 11.7. The van der Waals surface area contributed by atoms with Crippen LogP contribution in [0.5, 0.6) is 0 Å². The fourth-order valence-corrected chi connectivity index (χ4v) is 2.79. The second-order valence-electron chi connectivity index (χ2n) is 6.63. The maximum atomic E-state index is 5.25. The van der Waals surface area contributed by atoms with Crippen LogP contribution in [0.25, 0.3) is 0 Å². The Morgan fingerprint density at radius 1 is 1.21 bits per heavy atom. The summed E-state index contributed by atoms with van der Waals surface area (Å²) in [6.45, 7) is 9.45. The first-order valence-electron chi connectivity index (χ1n) is 9.18. The van der Waals surface area contributed by atoms with Crippen molar-refractivity contribution >= 4 is 5.96 Å². The highest BCUT2D eigenvalue weighted by Crippen LogP contribution is 2.10. The predicted octanol–water partition coefficient (Wildman–Crippen LogP) is 1.78. The van der Waals surface area contributed by atoms with E-state index in [9.17, 15) is 0 Å². The van der Waals surface area contributed by atoms with Crippen molar-refractivity contribution in [2.75, 3.05) is 39.8 Å². The number of nitrogens with one attached hydrogen (secondary N) is 2. The molecule has 2 N–H and O–H groups in total. The van der Waals surface area contributed by atoms with Crippen LogP contribution in [-0.2, 0) is 6.42 Å². The lowest BCUT2D eigenvalue weighted by Gasteiger charge is -2.26. The average molecular weight is 336 g/mol. The predicted molar refractivity (Wildman–Crippen MR) is 96.4 cm³/mol. The van der Waals surface area contributed by atoms with Crippen molar-refractivity contribution < 1.29 is 4.52 Å². The Morgan fingerprint density at radius 2 is 1.96 bits per heavy atom. The number of hydrogen-bond donors (Lipinski definition) is 2. The lowest BCUT2D eigenvalue weighted by atomic mass is 10.1. The number of guanidine groups is 1. The van der Waals surface area contributed by atoms with Crippen molar-refractivity contribution in [2.24, 2.45) is 4.99 Å². The molecule has 0 bridgehead atoms. The molecule has 0 atom stereocenters. The molecule has 2 heterocycles. The lowest BCUT2D eigenvalue weighted by molar-refractivity contribution is 0.232. The topological polar surface area (TPSA) is 78.6 Å². The van der Waals surface area contributed by atoms with Gasteiger partial charge in [0.2, 0.25) is 5.89 Å².